The van der Waals surface area contributed by atoms with E-state index in [1.807, 2.05) is 22.8 Å². The van der Waals surface area contributed by atoms with Crippen LogP contribution >= 0.6 is 34.7 Å². The third-order valence-corrected chi connectivity index (χ3v) is 11.3. The number of phenols is 2. The number of hydrogen-bond donors (Lipinski definition) is 4. The van der Waals surface area contributed by atoms with Gasteiger partial charge in [0.1, 0.15) is 5.69 Å². The molecule has 5 N–H and O–H groups in total. The van der Waals surface area contributed by atoms with E-state index in [0.717, 1.165) is 22.4 Å². The van der Waals surface area contributed by atoms with Crippen molar-refractivity contribution in [2.75, 3.05) is 16.8 Å². The van der Waals surface area contributed by atoms with E-state index >= 15 is 0 Å². The van der Waals surface area contributed by atoms with Crippen LogP contribution in [0.5, 0.6) is 11.5 Å². The Labute approximate surface area is 352 Å². The topological polar surface area (TPSA) is 264 Å². The number of fused-ring (bicyclic) bond motifs is 2. The maximum absolute atomic E-state index is 13.9. The molecule has 0 radical (unpaired) electrons. The number of nitrogen functional groups attached to an aromatic ring is 1. The van der Waals surface area contributed by atoms with Gasteiger partial charge in [-0.3, -0.25) is 29.6 Å². The molecule has 2 aliphatic rings. The second-order valence-electron chi connectivity index (χ2n) is 12.8. The quantitative estimate of drug-likeness (QED) is 0.0278. The van der Waals surface area contributed by atoms with E-state index in [4.69, 9.17) is 22.2 Å². The second kappa shape index (κ2) is 16.2. The molecule has 2 aromatic carbocycles. The van der Waals surface area contributed by atoms with E-state index < -0.39 is 46.1 Å². The number of ketones is 1. The number of Topliss-reactive ketones (excluding diaryl/α,β-unsaturated/α-hetero) is 1. The summed E-state index contributed by atoms with van der Waals surface area (Å²) in [4.78, 5) is 63.1. The number of anilines is 2. The number of nitrogens with zero attached hydrogens (tertiary/aromatic N) is 8. The zero-order chi connectivity index (χ0) is 39.2. The number of amides is 2. The number of aromatic hydroxyl groups is 2. The molecule has 5 heterocycles. The van der Waals surface area contributed by atoms with Crippen LogP contribution in [0.25, 0.3) is 16.6 Å². The van der Waals surface area contributed by atoms with Crippen molar-refractivity contribution in [3.63, 3.8) is 0 Å². The molecule has 56 heavy (non-hydrogen) atoms. The molecule has 2 atom stereocenters. The standard InChI is InChI=1S/C34H29ClN10O8S2.Na/c1-34(2,32(51)52)53-41-25(20-14-55-33(36)38-20)23(47)11-18-30(50)45-26(28-39-42-43-40-28)15(13-54-31(18)45)12-44-10-9-19(16-5-3-4-6-21(16)44)37-29(49)17-7-8-22(46)27(48)24(17)35;/h3-10,14,18,31H,11-13H2,1-2H3,(H6,36,38,39,40,41,42,43,46,47,48,49,51,52);/q;+1/p-1/t18-,31-;/m1./s1. The molecule has 2 aliphatic heterocycles. The Morgan fingerprint density at radius 3 is 2.68 bits per heavy atom. The maximum atomic E-state index is 13.9. The van der Waals surface area contributed by atoms with Crippen LogP contribution < -0.4 is 55.4 Å². The number of rotatable bonds is 12. The number of halogens is 1. The van der Waals surface area contributed by atoms with Crippen LogP contribution in [0.2, 0.25) is 5.02 Å². The molecule has 0 aliphatic carbocycles. The number of carbonyl (C=O) groups excluding carboxylic acids is 4. The molecule has 0 bridgehead atoms. The number of carbonyl (C=O) groups is 4. The number of para-hydroxylation sites is 1. The van der Waals surface area contributed by atoms with E-state index in [2.05, 4.69) is 36.1 Å². The van der Waals surface area contributed by atoms with Crippen molar-refractivity contribution >= 4 is 91.4 Å². The average molecular weight is 827 g/mol. The fourth-order valence-corrected chi connectivity index (χ4v) is 8.18. The third kappa shape index (κ3) is 7.67. The number of oxime groups is 1. The summed E-state index contributed by atoms with van der Waals surface area (Å²) in [5.41, 5.74) is 5.99. The summed E-state index contributed by atoms with van der Waals surface area (Å²) in [5.74, 6) is -4.49. The number of tetrazole rings is 1. The predicted molar refractivity (Wildman–Crippen MR) is 196 cm³/mol. The molecule has 0 saturated carbocycles. The monoisotopic (exact) mass is 826 g/mol. The molecule has 18 nitrogen and oxygen atoms in total. The molecule has 5 aromatic rings. The van der Waals surface area contributed by atoms with Gasteiger partial charge in [-0.2, -0.15) is 9.78 Å². The molecule has 282 valence electrons. The largest absolute Gasteiger partial charge is 1.00 e. The van der Waals surface area contributed by atoms with Gasteiger partial charge in [0.2, 0.25) is 11.4 Å². The van der Waals surface area contributed by atoms with Gasteiger partial charge in [-0.1, -0.05) is 28.9 Å². The SMILES string of the molecule is CC(C)(O/N=C(\C(=O)C[C@@H]1C(=O)N2C(c3nnn[n-]3)=C(C[n+]3ccc(NC(=O)c4ccc(O)c(O)c4Cl)c4ccccc43)CS[C@H]12)c1csc(N)n1)C(=O)[O-].[Na+]. The minimum atomic E-state index is -1.86. The Morgan fingerprint density at radius 1 is 1.21 bits per heavy atom. The first kappa shape index (κ1) is 40.5. The molecule has 1 fully saturated rings. The van der Waals surface area contributed by atoms with Gasteiger partial charge in [0.25, 0.3) is 5.91 Å². The Bertz CT molecular complexity index is 2460. The van der Waals surface area contributed by atoms with Crippen molar-refractivity contribution in [2.45, 2.75) is 37.8 Å². The van der Waals surface area contributed by atoms with E-state index in [1.165, 1.54) is 48.0 Å². The molecule has 3 aromatic heterocycles. The van der Waals surface area contributed by atoms with Gasteiger partial charge in [0, 0.05) is 35.3 Å². The average Bonchev–Trinajstić information content (AvgIpc) is 3.86. The van der Waals surface area contributed by atoms with Gasteiger partial charge in [0.15, 0.2) is 46.5 Å². The first-order chi connectivity index (χ1) is 26.2. The number of carboxylic acid groups (broad SMARTS) is 1. The molecule has 0 unspecified atom stereocenters. The van der Waals surface area contributed by atoms with Gasteiger partial charge in [0.05, 0.1) is 50.4 Å². The summed E-state index contributed by atoms with van der Waals surface area (Å²) < 4.78 is 1.92. The molecule has 7 rings (SSSR count). The number of pyridine rings is 1. The fraction of sp³-hybridized carbons (Fsp3) is 0.235. The van der Waals surface area contributed by atoms with Crippen LogP contribution in [0, 0.1) is 5.92 Å². The van der Waals surface area contributed by atoms with Crippen molar-refractivity contribution in [1.82, 2.24) is 30.5 Å². The molecule has 0 spiro atoms. The van der Waals surface area contributed by atoms with Crippen LogP contribution in [0.4, 0.5) is 10.8 Å². The minimum Gasteiger partial charge on any atom is -0.546 e. The van der Waals surface area contributed by atoms with Crippen LogP contribution in [0.15, 0.2) is 64.8 Å². The summed E-state index contributed by atoms with van der Waals surface area (Å²) in [7, 11) is 0. The summed E-state index contributed by atoms with van der Waals surface area (Å²) in [6.07, 6.45) is 1.47. The number of thiazole rings is 1. The van der Waals surface area contributed by atoms with Crippen LogP contribution in [0.3, 0.4) is 0 Å². The predicted octanol–water partition coefficient (Wildman–Crippen LogP) is -1.52. The van der Waals surface area contributed by atoms with Crippen LogP contribution in [0.1, 0.15) is 42.1 Å². The van der Waals surface area contributed by atoms with E-state index in [9.17, 15) is 34.5 Å². The maximum Gasteiger partial charge on any atom is 1.00 e. The van der Waals surface area contributed by atoms with Gasteiger partial charge >= 0.3 is 29.6 Å². The molecule has 22 heteroatoms. The number of hydrogen-bond acceptors (Lipinski definition) is 16. The van der Waals surface area contributed by atoms with Gasteiger partial charge in [-0.05, 0) is 32.0 Å². The van der Waals surface area contributed by atoms with Crippen LogP contribution in [-0.2, 0) is 25.8 Å². The fourth-order valence-electron chi connectivity index (χ4n) is 5.98. The van der Waals surface area contributed by atoms with Crippen molar-refractivity contribution in [1.29, 1.82) is 0 Å². The van der Waals surface area contributed by atoms with E-state index in [1.54, 1.807) is 18.3 Å². The number of β-lactam (4-membered cyclic amide) rings is 1. The van der Waals surface area contributed by atoms with Gasteiger partial charge < -0.3 is 41.1 Å². The summed E-state index contributed by atoms with van der Waals surface area (Å²) >= 11 is 8.61. The molecule has 1 saturated heterocycles. The van der Waals surface area contributed by atoms with E-state index in [-0.39, 0.29) is 81.4 Å². The second-order valence-corrected chi connectivity index (χ2v) is 15.2. The van der Waals surface area contributed by atoms with Crippen molar-refractivity contribution in [3.8, 4) is 11.5 Å². The Kier molecular flexibility index (Phi) is 11.7. The van der Waals surface area contributed by atoms with Gasteiger partial charge in [-0.15, -0.1) is 23.1 Å². The minimum absolute atomic E-state index is 0. The Balaban J connectivity index is 0.00000532. The normalized spacial score (nSPS) is 16.9. The number of thioether (sulfide) groups is 1. The third-order valence-electron chi connectivity index (χ3n) is 8.85. The van der Waals surface area contributed by atoms with Gasteiger partial charge in [-0.25, -0.2) is 4.98 Å². The first-order valence-corrected chi connectivity index (χ1v) is 18.6. The smallest absolute Gasteiger partial charge is 0.546 e. The van der Waals surface area contributed by atoms with Crippen molar-refractivity contribution < 1.29 is 73.5 Å². The van der Waals surface area contributed by atoms with Crippen molar-refractivity contribution in [2.24, 2.45) is 11.1 Å². The zero-order valence-electron chi connectivity index (χ0n) is 29.7. The zero-order valence-corrected chi connectivity index (χ0v) is 34.1. The van der Waals surface area contributed by atoms with Crippen molar-refractivity contribution in [3.05, 3.63) is 81.7 Å². The summed E-state index contributed by atoms with van der Waals surface area (Å²) in [6, 6.07) is 11.5. The number of aliphatic carboxylic acids is 1. The summed E-state index contributed by atoms with van der Waals surface area (Å²) in [5, 5.41) is 54.8. The number of nitrogens with one attached hydrogen (secondary N) is 1. The first-order valence-electron chi connectivity index (χ1n) is 16.3. The number of aromatic nitrogens is 6. The molecule has 2 amide bonds. The number of benzene rings is 2. The number of carboxylic acids is 1. The van der Waals surface area contributed by atoms with Crippen LogP contribution in [-0.4, -0.2) is 81.6 Å². The molecular formula is C34H28ClN10NaO8S2. The number of nitrogens with two attached hydrogens (primary N) is 1. The van der Waals surface area contributed by atoms with E-state index in [0.29, 0.717) is 22.5 Å². The Morgan fingerprint density at radius 2 is 1.98 bits per heavy atom. The molecular weight excluding hydrogens is 799 g/mol. The summed E-state index contributed by atoms with van der Waals surface area (Å²) in [6.45, 7) is 2.69. The number of phenolic OH excluding ortho intramolecular Hbond substituents is 2. The Hall–Kier alpha value is -5.12.